The van der Waals surface area contributed by atoms with Crippen molar-refractivity contribution in [1.29, 1.82) is 0 Å². The van der Waals surface area contributed by atoms with Crippen LogP contribution in [0.3, 0.4) is 0 Å². The van der Waals surface area contributed by atoms with Crippen LogP contribution in [-0.2, 0) is 9.53 Å². The van der Waals surface area contributed by atoms with Crippen molar-refractivity contribution < 1.29 is 13.9 Å². The van der Waals surface area contributed by atoms with Gasteiger partial charge in [-0.25, -0.2) is 19.2 Å². The molecule has 15 heavy (non-hydrogen) atoms. The zero-order chi connectivity index (χ0) is 11.3. The topological polar surface area (TPSA) is 52.1 Å². The van der Waals surface area contributed by atoms with Gasteiger partial charge in [0, 0.05) is 12.4 Å². The first-order chi connectivity index (χ1) is 7.13. The van der Waals surface area contributed by atoms with Crippen LogP contribution in [0.5, 0.6) is 0 Å². The van der Waals surface area contributed by atoms with Gasteiger partial charge in [-0.3, -0.25) is 0 Å². The third kappa shape index (κ3) is 3.83. The highest BCUT2D eigenvalue weighted by Gasteiger charge is 2.21. The number of halogens is 1. The van der Waals surface area contributed by atoms with E-state index in [0.29, 0.717) is 11.8 Å². The van der Waals surface area contributed by atoms with Gasteiger partial charge in [0.1, 0.15) is 0 Å². The monoisotopic (exact) mass is 230 g/mol. The van der Waals surface area contributed by atoms with Crippen LogP contribution in [0.15, 0.2) is 17.6 Å². The number of hydrogen-bond donors (Lipinski definition) is 0. The first kappa shape index (κ1) is 11.9. The summed E-state index contributed by atoms with van der Waals surface area (Å²) in [5, 5.41) is 0.223. The maximum Gasteiger partial charge on any atom is 0.351 e. The van der Waals surface area contributed by atoms with Crippen molar-refractivity contribution in [2.75, 3.05) is 6.61 Å². The van der Waals surface area contributed by atoms with Gasteiger partial charge < -0.3 is 4.74 Å². The highest BCUT2D eigenvalue weighted by molar-refractivity contribution is 8.00. The maximum absolute atomic E-state index is 13.2. The molecule has 1 aromatic heterocycles. The average Bonchev–Trinajstić information content (AvgIpc) is 2.22. The van der Waals surface area contributed by atoms with Crippen molar-refractivity contribution in [3.8, 4) is 0 Å². The molecule has 6 heteroatoms. The van der Waals surface area contributed by atoms with Gasteiger partial charge >= 0.3 is 5.97 Å². The molecular weight excluding hydrogens is 219 g/mol. The third-order valence-corrected chi connectivity index (χ3v) is 2.26. The Morgan fingerprint density at radius 2 is 2.20 bits per heavy atom. The molecule has 1 rings (SSSR count). The van der Waals surface area contributed by atoms with E-state index in [0.717, 1.165) is 5.56 Å². The fraction of sp³-hybridized carbons (Fsp3) is 0.444. The number of rotatable bonds is 4. The number of carbonyl (C=O) groups is 1. The van der Waals surface area contributed by atoms with Crippen LogP contribution >= 0.6 is 11.8 Å². The molecular formula is C9H11FN2O2S. The van der Waals surface area contributed by atoms with Gasteiger partial charge in [0.2, 0.25) is 5.50 Å². The molecule has 0 aromatic carbocycles. The van der Waals surface area contributed by atoms with Gasteiger partial charge in [-0.15, -0.1) is 0 Å². The van der Waals surface area contributed by atoms with Crippen molar-refractivity contribution in [2.24, 2.45) is 0 Å². The SMILES string of the molecule is CCOC(=O)C(F)Sc1ncc(C)cn1. The number of alkyl halides is 1. The second kappa shape index (κ2) is 5.65. The Kier molecular flexibility index (Phi) is 4.48. The molecule has 0 aliphatic heterocycles. The van der Waals surface area contributed by atoms with Crippen molar-refractivity contribution in [2.45, 2.75) is 24.5 Å². The minimum absolute atomic E-state index is 0.161. The Hall–Kier alpha value is -1.17. The zero-order valence-electron chi connectivity index (χ0n) is 8.44. The molecule has 0 spiro atoms. The molecule has 0 aliphatic rings. The largest absolute Gasteiger partial charge is 0.463 e. The molecule has 0 aliphatic carbocycles. The minimum atomic E-state index is -1.77. The lowest BCUT2D eigenvalue weighted by Gasteiger charge is -2.05. The van der Waals surface area contributed by atoms with E-state index in [1.807, 2.05) is 6.92 Å². The maximum atomic E-state index is 13.2. The number of hydrogen-bond acceptors (Lipinski definition) is 5. The summed E-state index contributed by atoms with van der Waals surface area (Å²) in [5.41, 5.74) is -0.890. The normalized spacial score (nSPS) is 12.2. The summed E-state index contributed by atoms with van der Waals surface area (Å²) in [7, 11) is 0. The van der Waals surface area contributed by atoms with Gasteiger partial charge in [-0.2, -0.15) is 0 Å². The number of nitrogens with zero attached hydrogens (tertiary/aromatic N) is 2. The number of esters is 1. The molecule has 0 amide bonds. The van der Waals surface area contributed by atoms with E-state index < -0.39 is 11.5 Å². The van der Waals surface area contributed by atoms with E-state index in [1.165, 1.54) is 0 Å². The first-order valence-corrected chi connectivity index (χ1v) is 5.27. The predicted octanol–water partition coefficient (Wildman–Crippen LogP) is 1.74. The number of ether oxygens (including phenoxy) is 1. The van der Waals surface area contributed by atoms with E-state index in [-0.39, 0.29) is 11.8 Å². The Bertz CT molecular complexity index is 331. The summed E-state index contributed by atoms with van der Waals surface area (Å²) in [4.78, 5) is 18.7. The number of aryl methyl sites for hydroxylation is 1. The molecule has 1 atom stereocenters. The smallest absolute Gasteiger partial charge is 0.351 e. The van der Waals surface area contributed by atoms with Crippen molar-refractivity contribution in [3.63, 3.8) is 0 Å². The van der Waals surface area contributed by atoms with Crippen LogP contribution in [0.25, 0.3) is 0 Å². The number of carbonyl (C=O) groups excluding carboxylic acids is 1. The molecule has 0 bridgehead atoms. The molecule has 0 saturated heterocycles. The second-order valence-electron chi connectivity index (χ2n) is 2.73. The van der Waals surface area contributed by atoms with Gasteiger partial charge in [0.25, 0.3) is 0 Å². The highest BCUT2D eigenvalue weighted by atomic mass is 32.2. The van der Waals surface area contributed by atoms with Crippen LogP contribution in [0, 0.1) is 6.92 Å². The van der Waals surface area contributed by atoms with E-state index in [9.17, 15) is 9.18 Å². The fourth-order valence-corrected chi connectivity index (χ4v) is 1.37. The van der Waals surface area contributed by atoms with Crippen molar-refractivity contribution in [3.05, 3.63) is 18.0 Å². The summed E-state index contributed by atoms with van der Waals surface area (Å²) < 4.78 is 17.7. The molecule has 0 saturated carbocycles. The van der Waals surface area contributed by atoms with E-state index in [1.54, 1.807) is 19.3 Å². The first-order valence-electron chi connectivity index (χ1n) is 4.39. The van der Waals surface area contributed by atoms with Crippen LogP contribution in [0.2, 0.25) is 0 Å². The Morgan fingerprint density at radius 1 is 1.60 bits per heavy atom. The number of aromatic nitrogens is 2. The van der Waals surface area contributed by atoms with E-state index in [2.05, 4.69) is 14.7 Å². The quantitative estimate of drug-likeness (QED) is 0.448. The molecule has 0 radical (unpaired) electrons. The summed E-state index contributed by atoms with van der Waals surface area (Å²) in [5.74, 6) is -0.897. The van der Waals surface area contributed by atoms with Crippen molar-refractivity contribution >= 4 is 17.7 Å². The molecule has 0 N–H and O–H groups in total. The second-order valence-corrected chi connectivity index (χ2v) is 3.74. The Labute approximate surface area is 91.3 Å². The van der Waals surface area contributed by atoms with E-state index >= 15 is 0 Å². The van der Waals surface area contributed by atoms with Crippen LogP contribution in [0.4, 0.5) is 4.39 Å². The lowest BCUT2D eigenvalue weighted by atomic mass is 10.4. The molecule has 0 fully saturated rings. The third-order valence-electron chi connectivity index (χ3n) is 1.44. The van der Waals surface area contributed by atoms with Gasteiger partial charge in [-0.1, -0.05) is 0 Å². The highest BCUT2D eigenvalue weighted by Crippen LogP contribution is 2.21. The number of thioether (sulfide) groups is 1. The van der Waals surface area contributed by atoms with Crippen LogP contribution in [-0.4, -0.2) is 28.0 Å². The Balaban J connectivity index is 2.54. The van der Waals surface area contributed by atoms with E-state index in [4.69, 9.17) is 0 Å². The molecule has 1 unspecified atom stereocenters. The molecule has 1 aromatic rings. The lowest BCUT2D eigenvalue weighted by molar-refractivity contribution is -0.145. The summed E-state index contributed by atoms with van der Waals surface area (Å²) >= 11 is 0.637. The minimum Gasteiger partial charge on any atom is -0.463 e. The lowest BCUT2D eigenvalue weighted by Crippen LogP contribution is -2.15. The van der Waals surface area contributed by atoms with Crippen LogP contribution in [0.1, 0.15) is 12.5 Å². The van der Waals surface area contributed by atoms with Crippen LogP contribution < -0.4 is 0 Å². The summed E-state index contributed by atoms with van der Waals surface area (Å²) in [6.45, 7) is 3.61. The van der Waals surface area contributed by atoms with Gasteiger partial charge in [0.15, 0.2) is 5.16 Å². The summed E-state index contributed by atoms with van der Waals surface area (Å²) in [6, 6.07) is 0. The average molecular weight is 230 g/mol. The summed E-state index contributed by atoms with van der Waals surface area (Å²) in [6.07, 6.45) is 3.13. The molecule has 1 heterocycles. The van der Waals surface area contributed by atoms with Gasteiger partial charge in [-0.05, 0) is 31.2 Å². The molecule has 82 valence electrons. The Morgan fingerprint density at radius 3 is 2.73 bits per heavy atom. The molecule has 4 nitrogen and oxygen atoms in total. The standard InChI is InChI=1S/C9H11FN2O2S/c1-3-14-8(13)7(10)15-9-11-4-6(2)5-12-9/h4-5,7H,3H2,1-2H3. The fourth-order valence-electron chi connectivity index (χ4n) is 0.790. The predicted molar refractivity (Wildman–Crippen MR) is 54.2 cm³/mol. The van der Waals surface area contributed by atoms with Gasteiger partial charge in [0.05, 0.1) is 6.61 Å². The van der Waals surface area contributed by atoms with Crippen molar-refractivity contribution in [1.82, 2.24) is 9.97 Å². The zero-order valence-corrected chi connectivity index (χ0v) is 9.25.